The molecule has 0 aromatic heterocycles. The molecule has 0 spiro atoms. The zero-order chi connectivity index (χ0) is 8.55. The standard InChI is InChI=1S/C11H15N/c1-8-6-7-11(12)10-5-3-2-4-9(8)10/h2-5,8,11H,6-7,12H2,1H3/t8-,11+/m0/s1. The molecule has 2 N–H and O–H groups in total. The van der Waals surface area contributed by atoms with Crippen molar-refractivity contribution < 1.29 is 0 Å². The molecule has 64 valence electrons. The second kappa shape index (κ2) is 2.91. The molecule has 1 aromatic rings. The predicted molar refractivity (Wildman–Crippen MR) is 51.0 cm³/mol. The van der Waals surface area contributed by atoms with Crippen LogP contribution < -0.4 is 5.73 Å². The van der Waals surface area contributed by atoms with Crippen molar-refractivity contribution in [3.05, 3.63) is 35.4 Å². The molecular weight excluding hydrogens is 146 g/mol. The highest BCUT2D eigenvalue weighted by Crippen LogP contribution is 2.35. The minimum atomic E-state index is 0.275. The zero-order valence-electron chi connectivity index (χ0n) is 7.46. The van der Waals surface area contributed by atoms with E-state index in [0.717, 1.165) is 6.42 Å². The second-order valence-electron chi connectivity index (χ2n) is 3.71. The van der Waals surface area contributed by atoms with E-state index in [0.29, 0.717) is 5.92 Å². The summed E-state index contributed by atoms with van der Waals surface area (Å²) in [6.45, 7) is 2.28. The summed E-state index contributed by atoms with van der Waals surface area (Å²) in [5.41, 5.74) is 8.82. The Labute approximate surface area is 73.6 Å². The molecule has 1 heteroatoms. The van der Waals surface area contributed by atoms with Crippen molar-refractivity contribution in [3.8, 4) is 0 Å². The first kappa shape index (κ1) is 7.81. The maximum absolute atomic E-state index is 6.01. The lowest BCUT2D eigenvalue weighted by atomic mass is 9.81. The molecule has 1 aromatic carbocycles. The van der Waals surface area contributed by atoms with Crippen LogP contribution in [0.2, 0.25) is 0 Å². The molecule has 0 fully saturated rings. The van der Waals surface area contributed by atoms with Crippen molar-refractivity contribution in [1.29, 1.82) is 0 Å². The maximum atomic E-state index is 6.01. The Morgan fingerprint density at radius 2 is 1.83 bits per heavy atom. The van der Waals surface area contributed by atoms with Gasteiger partial charge in [0, 0.05) is 6.04 Å². The lowest BCUT2D eigenvalue weighted by Crippen LogP contribution is -2.18. The van der Waals surface area contributed by atoms with E-state index in [4.69, 9.17) is 5.73 Å². The Kier molecular flexibility index (Phi) is 1.89. The van der Waals surface area contributed by atoms with Crippen LogP contribution in [0.25, 0.3) is 0 Å². The third kappa shape index (κ3) is 1.14. The quantitative estimate of drug-likeness (QED) is 0.621. The van der Waals surface area contributed by atoms with Crippen LogP contribution in [0.5, 0.6) is 0 Å². The Hall–Kier alpha value is -0.820. The number of fused-ring (bicyclic) bond motifs is 1. The zero-order valence-corrected chi connectivity index (χ0v) is 7.46. The summed E-state index contributed by atoms with van der Waals surface area (Å²) >= 11 is 0. The van der Waals surface area contributed by atoms with Gasteiger partial charge in [-0.25, -0.2) is 0 Å². The summed E-state index contributed by atoms with van der Waals surface area (Å²) in [5, 5.41) is 0. The summed E-state index contributed by atoms with van der Waals surface area (Å²) in [6.07, 6.45) is 2.37. The molecular formula is C11H15N. The van der Waals surface area contributed by atoms with Gasteiger partial charge in [-0.2, -0.15) is 0 Å². The molecule has 12 heavy (non-hydrogen) atoms. The van der Waals surface area contributed by atoms with Gasteiger partial charge in [0.2, 0.25) is 0 Å². The van der Waals surface area contributed by atoms with Gasteiger partial charge in [-0.1, -0.05) is 31.2 Å². The van der Waals surface area contributed by atoms with Gasteiger partial charge >= 0.3 is 0 Å². The molecule has 0 unspecified atom stereocenters. The van der Waals surface area contributed by atoms with E-state index in [-0.39, 0.29) is 6.04 Å². The van der Waals surface area contributed by atoms with Crippen molar-refractivity contribution in [3.63, 3.8) is 0 Å². The highest BCUT2D eigenvalue weighted by atomic mass is 14.6. The van der Waals surface area contributed by atoms with Crippen molar-refractivity contribution >= 4 is 0 Å². The lowest BCUT2D eigenvalue weighted by Gasteiger charge is -2.26. The van der Waals surface area contributed by atoms with Gasteiger partial charge in [0.1, 0.15) is 0 Å². The van der Waals surface area contributed by atoms with Crippen LogP contribution >= 0.6 is 0 Å². The number of hydrogen-bond donors (Lipinski definition) is 1. The molecule has 0 saturated carbocycles. The van der Waals surface area contributed by atoms with Crippen molar-refractivity contribution in [2.45, 2.75) is 31.7 Å². The lowest BCUT2D eigenvalue weighted by molar-refractivity contribution is 0.513. The summed E-state index contributed by atoms with van der Waals surface area (Å²) in [4.78, 5) is 0. The molecule has 0 radical (unpaired) electrons. The topological polar surface area (TPSA) is 26.0 Å². The fraction of sp³-hybridized carbons (Fsp3) is 0.455. The molecule has 2 atom stereocenters. The van der Waals surface area contributed by atoms with E-state index >= 15 is 0 Å². The summed E-state index contributed by atoms with van der Waals surface area (Å²) in [6, 6.07) is 8.83. The van der Waals surface area contributed by atoms with Crippen molar-refractivity contribution in [1.82, 2.24) is 0 Å². The van der Waals surface area contributed by atoms with E-state index in [2.05, 4.69) is 31.2 Å². The van der Waals surface area contributed by atoms with E-state index in [1.54, 1.807) is 0 Å². The minimum absolute atomic E-state index is 0.275. The third-order valence-electron chi connectivity index (χ3n) is 2.84. The highest BCUT2D eigenvalue weighted by Gasteiger charge is 2.20. The van der Waals surface area contributed by atoms with Crippen LogP contribution in [0, 0.1) is 0 Å². The minimum Gasteiger partial charge on any atom is -0.324 e. The van der Waals surface area contributed by atoms with Gasteiger partial charge in [0.25, 0.3) is 0 Å². The van der Waals surface area contributed by atoms with Crippen LogP contribution in [0.3, 0.4) is 0 Å². The normalized spacial score (nSPS) is 28.2. The van der Waals surface area contributed by atoms with Gasteiger partial charge in [0.05, 0.1) is 0 Å². The monoisotopic (exact) mass is 161 g/mol. The van der Waals surface area contributed by atoms with Crippen LogP contribution in [-0.2, 0) is 0 Å². The van der Waals surface area contributed by atoms with E-state index in [1.165, 1.54) is 17.5 Å². The van der Waals surface area contributed by atoms with Gasteiger partial charge in [0.15, 0.2) is 0 Å². The van der Waals surface area contributed by atoms with Crippen LogP contribution in [-0.4, -0.2) is 0 Å². The van der Waals surface area contributed by atoms with Crippen LogP contribution in [0.1, 0.15) is 42.9 Å². The van der Waals surface area contributed by atoms with Gasteiger partial charge in [-0.3, -0.25) is 0 Å². The Balaban J connectivity index is 2.47. The second-order valence-corrected chi connectivity index (χ2v) is 3.71. The van der Waals surface area contributed by atoms with Crippen molar-refractivity contribution in [2.24, 2.45) is 5.73 Å². The first-order chi connectivity index (χ1) is 5.79. The first-order valence-corrected chi connectivity index (χ1v) is 4.63. The number of rotatable bonds is 0. The Morgan fingerprint density at radius 1 is 1.17 bits per heavy atom. The van der Waals surface area contributed by atoms with Gasteiger partial charge in [-0.15, -0.1) is 0 Å². The van der Waals surface area contributed by atoms with Crippen LogP contribution in [0.15, 0.2) is 24.3 Å². The fourth-order valence-corrected chi connectivity index (χ4v) is 2.04. The number of nitrogens with two attached hydrogens (primary N) is 1. The SMILES string of the molecule is C[C@H]1CC[C@@H](N)c2ccccc21. The number of hydrogen-bond acceptors (Lipinski definition) is 1. The molecule has 0 saturated heterocycles. The third-order valence-corrected chi connectivity index (χ3v) is 2.84. The highest BCUT2D eigenvalue weighted by molar-refractivity contribution is 5.34. The molecule has 0 bridgehead atoms. The van der Waals surface area contributed by atoms with E-state index < -0.39 is 0 Å². The maximum Gasteiger partial charge on any atom is 0.0297 e. The van der Waals surface area contributed by atoms with Gasteiger partial charge < -0.3 is 5.73 Å². The predicted octanol–water partition coefficient (Wildman–Crippen LogP) is 2.58. The average molecular weight is 161 g/mol. The molecule has 1 aliphatic carbocycles. The van der Waals surface area contributed by atoms with E-state index in [9.17, 15) is 0 Å². The van der Waals surface area contributed by atoms with Crippen molar-refractivity contribution in [2.75, 3.05) is 0 Å². The molecule has 0 aliphatic heterocycles. The van der Waals surface area contributed by atoms with Gasteiger partial charge in [-0.05, 0) is 29.9 Å². The molecule has 0 heterocycles. The number of benzene rings is 1. The molecule has 1 nitrogen and oxygen atoms in total. The molecule has 1 aliphatic rings. The first-order valence-electron chi connectivity index (χ1n) is 4.63. The average Bonchev–Trinajstić information content (AvgIpc) is 2.12. The summed E-state index contributed by atoms with van der Waals surface area (Å²) < 4.78 is 0. The molecule has 2 rings (SSSR count). The summed E-state index contributed by atoms with van der Waals surface area (Å²) in [5.74, 6) is 0.695. The smallest absolute Gasteiger partial charge is 0.0297 e. The Bertz CT molecular complexity index is 251. The van der Waals surface area contributed by atoms with E-state index in [1.807, 2.05) is 0 Å². The summed E-state index contributed by atoms with van der Waals surface area (Å²) in [7, 11) is 0. The molecule has 0 amide bonds. The fourth-order valence-electron chi connectivity index (χ4n) is 2.04. The van der Waals surface area contributed by atoms with Crippen LogP contribution in [0.4, 0.5) is 0 Å². The Morgan fingerprint density at radius 3 is 2.50 bits per heavy atom. The largest absolute Gasteiger partial charge is 0.324 e.